The van der Waals surface area contributed by atoms with Crippen LogP contribution in [-0.4, -0.2) is 36.2 Å². The minimum absolute atomic E-state index is 0.0578. The Bertz CT molecular complexity index is 940. The molecule has 1 N–H and O–H groups in total. The van der Waals surface area contributed by atoms with Gasteiger partial charge in [-0.15, -0.1) is 0 Å². The molecule has 2 rings (SSSR count). The predicted molar refractivity (Wildman–Crippen MR) is 123 cm³/mol. The molecule has 31 heavy (non-hydrogen) atoms. The normalized spacial score (nSPS) is 11.8. The van der Waals surface area contributed by atoms with Crippen LogP contribution in [-0.2, 0) is 0 Å². The molecule has 168 valence electrons. The van der Waals surface area contributed by atoms with Gasteiger partial charge in [0.2, 0.25) is 0 Å². The van der Waals surface area contributed by atoms with Crippen LogP contribution in [0.2, 0.25) is 0 Å². The van der Waals surface area contributed by atoms with Gasteiger partial charge in [-0.2, -0.15) is 0 Å². The molecule has 0 fully saturated rings. The summed E-state index contributed by atoms with van der Waals surface area (Å²) in [5.41, 5.74) is 2.54. The standard InChI is InChI=1S/C24H32N2O5/c1-6-7-8-9-10-17(3)31-23-15-21(26(29)30)20(14-22(23)25(4)5)19-12-11-18(24(27)28)13-16(19)2/h11-15,17H,6-10H2,1-5H3,(H,27,28). The number of rotatable bonds is 11. The molecule has 0 saturated carbocycles. The van der Waals surface area contributed by atoms with Crippen LogP contribution >= 0.6 is 0 Å². The number of unbranched alkanes of at least 4 members (excludes halogenated alkanes) is 3. The van der Waals surface area contributed by atoms with Crippen molar-refractivity contribution in [2.24, 2.45) is 0 Å². The highest BCUT2D eigenvalue weighted by Crippen LogP contribution is 2.41. The van der Waals surface area contributed by atoms with E-state index in [0.29, 0.717) is 22.4 Å². The average molecular weight is 429 g/mol. The maximum atomic E-state index is 11.9. The number of carbonyl (C=O) groups is 1. The van der Waals surface area contributed by atoms with Crippen molar-refractivity contribution in [3.8, 4) is 16.9 Å². The summed E-state index contributed by atoms with van der Waals surface area (Å²) in [6, 6.07) is 7.85. The highest BCUT2D eigenvalue weighted by molar-refractivity contribution is 5.90. The lowest BCUT2D eigenvalue weighted by Gasteiger charge is -2.22. The molecule has 2 aromatic carbocycles. The van der Waals surface area contributed by atoms with Crippen molar-refractivity contribution in [3.05, 3.63) is 51.6 Å². The number of nitrogens with zero attached hydrogens (tertiary/aromatic N) is 2. The molecule has 0 bridgehead atoms. The average Bonchev–Trinajstić information content (AvgIpc) is 2.70. The number of hydrogen-bond donors (Lipinski definition) is 1. The lowest BCUT2D eigenvalue weighted by molar-refractivity contribution is -0.384. The van der Waals surface area contributed by atoms with Crippen molar-refractivity contribution >= 4 is 17.3 Å². The van der Waals surface area contributed by atoms with Crippen LogP contribution in [0.1, 0.15) is 61.9 Å². The number of aryl methyl sites for hydroxylation is 1. The number of carboxylic acid groups (broad SMARTS) is 1. The zero-order valence-electron chi connectivity index (χ0n) is 19.0. The monoisotopic (exact) mass is 428 g/mol. The zero-order chi connectivity index (χ0) is 23.1. The first-order chi connectivity index (χ1) is 14.6. The second-order valence-corrected chi connectivity index (χ2v) is 8.10. The minimum atomic E-state index is -1.03. The molecule has 0 amide bonds. The van der Waals surface area contributed by atoms with Crippen LogP contribution in [0, 0.1) is 17.0 Å². The molecule has 7 nitrogen and oxygen atoms in total. The summed E-state index contributed by atoms with van der Waals surface area (Å²) in [6.45, 7) is 5.91. The SMILES string of the molecule is CCCCCCC(C)Oc1cc([N+](=O)[O-])c(-c2ccc(C(=O)O)cc2C)cc1N(C)C. The van der Waals surface area contributed by atoms with Crippen molar-refractivity contribution in [2.45, 2.75) is 59.0 Å². The number of benzene rings is 2. The van der Waals surface area contributed by atoms with Crippen LogP contribution < -0.4 is 9.64 Å². The van der Waals surface area contributed by atoms with Gasteiger partial charge < -0.3 is 14.7 Å². The van der Waals surface area contributed by atoms with Crippen LogP contribution in [0.5, 0.6) is 5.75 Å². The third kappa shape index (κ3) is 6.20. The largest absolute Gasteiger partial charge is 0.488 e. The molecule has 1 atom stereocenters. The first kappa shape index (κ1) is 24.2. The van der Waals surface area contributed by atoms with Gasteiger partial charge in [0.15, 0.2) is 0 Å². The van der Waals surface area contributed by atoms with E-state index in [0.717, 1.165) is 24.9 Å². The van der Waals surface area contributed by atoms with E-state index in [1.807, 2.05) is 25.9 Å². The first-order valence-corrected chi connectivity index (χ1v) is 10.7. The molecule has 0 radical (unpaired) electrons. The van der Waals surface area contributed by atoms with E-state index >= 15 is 0 Å². The van der Waals surface area contributed by atoms with E-state index in [2.05, 4.69) is 6.92 Å². The van der Waals surface area contributed by atoms with E-state index in [1.165, 1.54) is 31.0 Å². The van der Waals surface area contributed by atoms with Gasteiger partial charge in [0, 0.05) is 14.1 Å². The number of carboxylic acids is 1. The topological polar surface area (TPSA) is 92.9 Å². The summed E-state index contributed by atoms with van der Waals surface area (Å²) in [6.07, 6.45) is 5.39. The summed E-state index contributed by atoms with van der Waals surface area (Å²) in [5.74, 6) is -0.557. The van der Waals surface area contributed by atoms with Gasteiger partial charge in [-0.05, 0) is 56.0 Å². The van der Waals surface area contributed by atoms with Crippen molar-refractivity contribution < 1.29 is 19.6 Å². The molecule has 2 aromatic rings. The second kappa shape index (κ2) is 10.8. The van der Waals surface area contributed by atoms with Crippen LogP contribution in [0.4, 0.5) is 11.4 Å². The maximum Gasteiger partial charge on any atom is 0.335 e. The van der Waals surface area contributed by atoms with Crippen molar-refractivity contribution in [2.75, 3.05) is 19.0 Å². The highest BCUT2D eigenvalue weighted by Gasteiger charge is 2.23. The molecule has 7 heteroatoms. The van der Waals surface area contributed by atoms with E-state index in [1.54, 1.807) is 19.1 Å². The number of ether oxygens (including phenoxy) is 1. The lowest BCUT2D eigenvalue weighted by Crippen LogP contribution is -2.16. The number of nitro benzene ring substituents is 1. The van der Waals surface area contributed by atoms with Gasteiger partial charge in [-0.25, -0.2) is 4.79 Å². The Hall–Kier alpha value is -3.09. The minimum Gasteiger partial charge on any atom is -0.488 e. The Morgan fingerprint density at radius 2 is 1.87 bits per heavy atom. The molecule has 0 aromatic heterocycles. The number of nitro groups is 1. The summed E-state index contributed by atoms with van der Waals surface area (Å²) in [7, 11) is 3.73. The molecular weight excluding hydrogens is 396 g/mol. The number of anilines is 1. The van der Waals surface area contributed by atoms with Crippen molar-refractivity contribution in [3.63, 3.8) is 0 Å². The van der Waals surface area contributed by atoms with Gasteiger partial charge >= 0.3 is 5.97 Å². The maximum absolute atomic E-state index is 11.9. The Labute approximate surface area is 183 Å². The third-order valence-corrected chi connectivity index (χ3v) is 5.31. The van der Waals surface area contributed by atoms with E-state index < -0.39 is 10.9 Å². The molecule has 0 heterocycles. The Kier molecular flexibility index (Phi) is 8.42. The molecular formula is C24H32N2O5. The third-order valence-electron chi connectivity index (χ3n) is 5.31. The second-order valence-electron chi connectivity index (χ2n) is 8.10. The Balaban J connectivity index is 2.46. The first-order valence-electron chi connectivity index (χ1n) is 10.7. The van der Waals surface area contributed by atoms with E-state index in [-0.39, 0.29) is 17.4 Å². The fourth-order valence-electron chi connectivity index (χ4n) is 3.60. The Morgan fingerprint density at radius 3 is 2.42 bits per heavy atom. The molecule has 0 saturated heterocycles. The summed E-state index contributed by atoms with van der Waals surface area (Å²) >= 11 is 0. The molecule has 0 spiro atoms. The smallest absolute Gasteiger partial charge is 0.335 e. The van der Waals surface area contributed by atoms with Gasteiger partial charge in [0.05, 0.1) is 33.9 Å². The van der Waals surface area contributed by atoms with Crippen molar-refractivity contribution in [1.29, 1.82) is 0 Å². The molecule has 0 aliphatic rings. The van der Waals surface area contributed by atoms with E-state index in [4.69, 9.17) is 4.74 Å². The van der Waals surface area contributed by atoms with Gasteiger partial charge in [-0.3, -0.25) is 10.1 Å². The summed E-state index contributed by atoms with van der Waals surface area (Å²) in [5, 5.41) is 21.1. The fourth-order valence-corrected chi connectivity index (χ4v) is 3.60. The van der Waals surface area contributed by atoms with Crippen molar-refractivity contribution in [1.82, 2.24) is 0 Å². The van der Waals surface area contributed by atoms with Gasteiger partial charge in [0.25, 0.3) is 5.69 Å². The Morgan fingerprint density at radius 1 is 1.16 bits per heavy atom. The van der Waals surface area contributed by atoms with Crippen LogP contribution in [0.15, 0.2) is 30.3 Å². The summed E-state index contributed by atoms with van der Waals surface area (Å²) < 4.78 is 6.13. The highest BCUT2D eigenvalue weighted by atomic mass is 16.6. The molecule has 0 aliphatic heterocycles. The van der Waals surface area contributed by atoms with Crippen LogP contribution in [0.3, 0.4) is 0 Å². The van der Waals surface area contributed by atoms with E-state index in [9.17, 15) is 20.0 Å². The predicted octanol–water partition coefficient (Wildman–Crippen LogP) is 6.07. The van der Waals surface area contributed by atoms with Gasteiger partial charge in [0.1, 0.15) is 5.75 Å². The lowest BCUT2D eigenvalue weighted by atomic mass is 9.96. The number of hydrogen-bond acceptors (Lipinski definition) is 5. The zero-order valence-corrected chi connectivity index (χ0v) is 19.0. The van der Waals surface area contributed by atoms with Gasteiger partial charge in [-0.1, -0.05) is 32.3 Å². The quantitative estimate of drug-likeness (QED) is 0.265. The fraction of sp³-hybridized carbons (Fsp3) is 0.458. The molecule has 0 aliphatic carbocycles. The molecule has 1 unspecified atom stereocenters. The van der Waals surface area contributed by atoms with Crippen LogP contribution in [0.25, 0.3) is 11.1 Å². The number of aromatic carboxylic acids is 1. The summed E-state index contributed by atoms with van der Waals surface area (Å²) in [4.78, 5) is 24.6.